The molecule has 2 atom stereocenters. The van der Waals surface area contributed by atoms with E-state index in [9.17, 15) is 12.8 Å². The first-order chi connectivity index (χ1) is 10.1. The lowest BCUT2D eigenvalue weighted by Crippen LogP contribution is -2.34. The van der Waals surface area contributed by atoms with Crippen LogP contribution in [0.4, 0.5) is 4.39 Å². The van der Waals surface area contributed by atoms with Gasteiger partial charge in [-0.15, -0.1) is 0 Å². The van der Waals surface area contributed by atoms with Crippen LogP contribution < -0.4 is 5.32 Å². The zero-order valence-electron chi connectivity index (χ0n) is 11.4. The van der Waals surface area contributed by atoms with Crippen LogP contribution in [0.15, 0.2) is 59.5 Å². The summed E-state index contributed by atoms with van der Waals surface area (Å²) in [6.45, 7) is 0.638. The summed E-state index contributed by atoms with van der Waals surface area (Å²) in [6.07, 6.45) is 0.725. The average molecular weight is 305 g/mol. The number of halogens is 1. The molecule has 1 aliphatic heterocycles. The van der Waals surface area contributed by atoms with Crippen molar-refractivity contribution >= 4 is 9.84 Å². The van der Waals surface area contributed by atoms with Crippen LogP contribution in [0, 0.1) is 5.82 Å². The molecule has 0 spiro atoms. The molecule has 0 bridgehead atoms. The van der Waals surface area contributed by atoms with Crippen LogP contribution in [-0.2, 0) is 9.84 Å². The highest BCUT2D eigenvalue weighted by atomic mass is 32.2. The molecule has 1 saturated heterocycles. The standard InChI is InChI=1S/C16H16FNO2S/c17-13-8-6-12(7-9-13)15-10-11-18-16(15)21(19,20)14-4-2-1-3-5-14/h1-9,15-16,18H,10-11H2. The van der Waals surface area contributed by atoms with Crippen LogP contribution >= 0.6 is 0 Å². The van der Waals surface area contributed by atoms with Crippen LogP contribution in [0.2, 0.25) is 0 Å². The van der Waals surface area contributed by atoms with Crippen LogP contribution in [-0.4, -0.2) is 20.3 Å². The fourth-order valence-electron chi connectivity index (χ4n) is 2.81. The second kappa shape index (κ2) is 5.58. The molecule has 2 aromatic carbocycles. The minimum atomic E-state index is -3.45. The molecule has 1 N–H and O–H groups in total. The lowest BCUT2D eigenvalue weighted by atomic mass is 9.98. The molecule has 110 valence electrons. The molecule has 2 unspecified atom stereocenters. The van der Waals surface area contributed by atoms with Gasteiger partial charge in [0.25, 0.3) is 0 Å². The molecule has 2 aromatic rings. The molecular formula is C16H16FNO2S. The molecule has 0 aliphatic carbocycles. The Hall–Kier alpha value is -1.72. The second-order valence-corrected chi connectivity index (χ2v) is 7.25. The van der Waals surface area contributed by atoms with Crippen molar-refractivity contribution in [1.29, 1.82) is 0 Å². The molecule has 0 aromatic heterocycles. The smallest absolute Gasteiger partial charge is 0.194 e. The van der Waals surface area contributed by atoms with Crippen molar-refractivity contribution in [1.82, 2.24) is 5.32 Å². The fourth-order valence-corrected chi connectivity index (χ4v) is 4.70. The summed E-state index contributed by atoms with van der Waals surface area (Å²) in [5.41, 5.74) is 0.853. The van der Waals surface area contributed by atoms with Gasteiger partial charge < -0.3 is 5.32 Å². The lowest BCUT2D eigenvalue weighted by Gasteiger charge is -2.20. The largest absolute Gasteiger partial charge is 0.300 e. The molecule has 3 rings (SSSR count). The molecule has 5 heteroatoms. The lowest BCUT2D eigenvalue weighted by molar-refractivity contribution is 0.558. The molecular weight excluding hydrogens is 289 g/mol. The van der Waals surface area contributed by atoms with Crippen LogP contribution in [0.3, 0.4) is 0 Å². The zero-order valence-corrected chi connectivity index (χ0v) is 12.2. The molecule has 1 aliphatic rings. The van der Waals surface area contributed by atoms with E-state index in [4.69, 9.17) is 0 Å². The van der Waals surface area contributed by atoms with Crippen molar-refractivity contribution in [2.45, 2.75) is 22.6 Å². The van der Waals surface area contributed by atoms with Gasteiger partial charge in [-0.1, -0.05) is 30.3 Å². The van der Waals surface area contributed by atoms with Gasteiger partial charge in [-0.25, -0.2) is 12.8 Å². The molecule has 3 nitrogen and oxygen atoms in total. The third kappa shape index (κ3) is 2.71. The van der Waals surface area contributed by atoms with Crippen molar-refractivity contribution in [2.24, 2.45) is 0 Å². The first kappa shape index (κ1) is 14.2. The maximum Gasteiger partial charge on any atom is 0.194 e. The molecule has 21 heavy (non-hydrogen) atoms. The summed E-state index contributed by atoms with van der Waals surface area (Å²) in [6, 6.07) is 14.5. The Morgan fingerprint density at radius 3 is 2.33 bits per heavy atom. The predicted octanol–water partition coefficient (Wildman–Crippen LogP) is 2.70. The number of hydrogen-bond donors (Lipinski definition) is 1. The maximum atomic E-state index is 13.0. The van der Waals surface area contributed by atoms with E-state index in [0.29, 0.717) is 11.4 Å². The Morgan fingerprint density at radius 1 is 1.00 bits per heavy atom. The quantitative estimate of drug-likeness (QED) is 0.948. The topological polar surface area (TPSA) is 46.2 Å². The Morgan fingerprint density at radius 2 is 1.67 bits per heavy atom. The minimum absolute atomic E-state index is 0.157. The van der Waals surface area contributed by atoms with Crippen LogP contribution in [0.1, 0.15) is 17.9 Å². The van der Waals surface area contributed by atoms with Crippen molar-refractivity contribution in [3.05, 3.63) is 66.0 Å². The van der Waals surface area contributed by atoms with E-state index in [-0.39, 0.29) is 11.7 Å². The second-order valence-electron chi connectivity index (χ2n) is 5.18. The zero-order chi connectivity index (χ0) is 14.9. The SMILES string of the molecule is O=S(=O)(c1ccccc1)C1NCCC1c1ccc(F)cc1. The molecule has 0 saturated carbocycles. The summed E-state index contributed by atoms with van der Waals surface area (Å²) in [4.78, 5) is 0.316. The van der Waals surface area contributed by atoms with Crippen molar-refractivity contribution in [3.63, 3.8) is 0 Å². The summed E-state index contributed by atoms with van der Waals surface area (Å²) in [5.74, 6) is -0.469. The monoisotopic (exact) mass is 305 g/mol. The minimum Gasteiger partial charge on any atom is -0.300 e. The first-order valence-corrected chi connectivity index (χ1v) is 8.41. The summed E-state index contributed by atoms with van der Waals surface area (Å²) in [7, 11) is -3.45. The summed E-state index contributed by atoms with van der Waals surface area (Å²) >= 11 is 0. The number of sulfone groups is 1. The van der Waals surface area contributed by atoms with E-state index in [1.807, 2.05) is 0 Å². The Kier molecular flexibility index (Phi) is 3.78. The number of hydrogen-bond acceptors (Lipinski definition) is 3. The van der Waals surface area contributed by atoms with E-state index < -0.39 is 15.2 Å². The predicted molar refractivity (Wildman–Crippen MR) is 79.2 cm³/mol. The summed E-state index contributed by atoms with van der Waals surface area (Å²) in [5, 5.41) is 2.42. The van der Waals surface area contributed by atoms with Crippen LogP contribution in [0.25, 0.3) is 0 Å². The Labute approximate surface area is 123 Å². The molecule has 1 heterocycles. The number of rotatable bonds is 3. The van der Waals surface area contributed by atoms with Gasteiger partial charge in [0.1, 0.15) is 11.2 Å². The van der Waals surface area contributed by atoms with Gasteiger partial charge in [-0.2, -0.15) is 0 Å². The Bertz CT molecular complexity index is 714. The van der Waals surface area contributed by atoms with Crippen molar-refractivity contribution in [3.8, 4) is 0 Å². The third-order valence-electron chi connectivity index (χ3n) is 3.87. The fraction of sp³-hybridized carbons (Fsp3) is 0.250. The van der Waals surface area contributed by atoms with Gasteiger partial charge in [0.15, 0.2) is 9.84 Å². The molecule has 0 amide bonds. The van der Waals surface area contributed by atoms with E-state index >= 15 is 0 Å². The van der Waals surface area contributed by atoms with Gasteiger partial charge in [-0.3, -0.25) is 0 Å². The normalized spacial score (nSPS) is 22.3. The van der Waals surface area contributed by atoms with E-state index in [1.165, 1.54) is 12.1 Å². The van der Waals surface area contributed by atoms with Crippen molar-refractivity contribution in [2.75, 3.05) is 6.54 Å². The average Bonchev–Trinajstić information content (AvgIpc) is 2.99. The number of benzene rings is 2. The van der Waals surface area contributed by atoms with Gasteiger partial charge in [0.05, 0.1) is 4.90 Å². The summed E-state index contributed by atoms with van der Waals surface area (Å²) < 4.78 is 38.5. The van der Waals surface area contributed by atoms with E-state index in [2.05, 4.69) is 5.32 Å². The number of nitrogens with one attached hydrogen (secondary N) is 1. The highest BCUT2D eigenvalue weighted by Crippen LogP contribution is 2.33. The van der Waals surface area contributed by atoms with Gasteiger partial charge >= 0.3 is 0 Å². The maximum absolute atomic E-state index is 13.0. The van der Waals surface area contributed by atoms with Gasteiger partial charge in [0.2, 0.25) is 0 Å². The van der Waals surface area contributed by atoms with E-state index in [0.717, 1.165) is 12.0 Å². The van der Waals surface area contributed by atoms with Crippen LogP contribution in [0.5, 0.6) is 0 Å². The third-order valence-corrected chi connectivity index (χ3v) is 5.96. The van der Waals surface area contributed by atoms with Gasteiger partial charge in [0, 0.05) is 5.92 Å². The Balaban J connectivity index is 1.96. The van der Waals surface area contributed by atoms with Gasteiger partial charge in [-0.05, 0) is 42.8 Å². The van der Waals surface area contributed by atoms with Crippen molar-refractivity contribution < 1.29 is 12.8 Å². The van der Waals surface area contributed by atoms with E-state index in [1.54, 1.807) is 42.5 Å². The highest BCUT2D eigenvalue weighted by Gasteiger charge is 2.38. The molecule has 0 radical (unpaired) electrons. The highest BCUT2D eigenvalue weighted by molar-refractivity contribution is 7.92. The molecule has 1 fully saturated rings. The first-order valence-electron chi connectivity index (χ1n) is 6.87.